The van der Waals surface area contributed by atoms with Crippen molar-refractivity contribution in [3.8, 4) is 0 Å². The average Bonchev–Trinajstić information content (AvgIpc) is 3.11. The van der Waals surface area contributed by atoms with E-state index in [1.807, 2.05) is 12.1 Å². The van der Waals surface area contributed by atoms with Gasteiger partial charge in [-0.25, -0.2) is 0 Å². The molecule has 1 saturated carbocycles. The minimum absolute atomic E-state index is 0.197. The van der Waals surface area contributed by atoms with Crippen LogP contribution >= 0.6 is 0 Å². The fourth-order valence-electron chi connectivity index (χ4n) is 3.14. The predicted molar refractivity (Wildman–Crippen MR) is 83.0 cm³/mol. The number of aromatic nitrogens is 1. The van der Waals surface area contributed by atoms with Gasteiger partial charge in [0.2, 0.25) is 0 Å². The van der Waals surface area contributed by atoms with E-state index in [0.717, 1.165) is 25.8 Å². The van der Waals surface area contributed by atoms with Crippen molar-refractivity contribution >= 4 is 16.8 Å². The van der Waals surface area contributed by atoms with E-state index in [-0.39, 0.29) is 5.91 Å². The lowest BCUT2D eigenvalue weighted by Crippen LogP contribution is -2.45. The molecule has 3 rings (SSSR count). The second-order valence-electron chi connectivity index (χ2n) is 5.92. The van der Waals surface area contributed by atoms with Crippen molar-refractivity contribution < 1.29 is 9.90 Å². The van der Waals surface area contributed by atoms with Gasteiger partial charge in [0.1, 0.15) is 5.60 Å². The first kappa shape index (κ1) is 14.1. The Morgan fingerprint density at radius 3 is 2.81 bits per heavy atom. The van der Waals surface area contributed by atoms with Crippen LogP contribution in [0.1, 0.15) is 32.1 Å². The van der Waals surface area contributed by atoms with Crippen molar-refractivity contribution in [2.24, 2.45) is 0 Å². The van der Waals surface area contributed by atoms with Crippen LogP contribution in [0.4, 0.5) is 0 Å². The van der Waals surface area contributed by atoms with Crippen LogP contribution < -0.4 is 5.32 Å². The third-order valence-electron chi connectivity index (χ3n) is 4.39. The number of fused-ring (bicyclic) bond motifs is 1. The maximum Gasteiger partial charge on any atom is 0.251 e. The Hall–Kier alpha value is -1.81. The predicted octanol–water partition coefficient (Wildman–Crippen LogP) is 2.45. The Morgan fingerprint density at radius 1 is 1.24 bits per heavy atom. The van der Waals surface area contributed by atoms with Crippen LogP contribution in [-0.4, -0.2) is 27.7 Å². The van der Waals surface area contributed by atoms with E-state index >= 15 is 0 Å². The molecule has 0 unspecified atom stereocenters. The van der Waals surface area contributed by atoms with Gasteiger partial charge in [0.15, 0.2) is 0 Å². The van der Waals surface area contributed by atoms with Crippen LogP contribution in [0.2, 0.25) is 0 Å². The summed E-state index contributed by atoms with van der Waals surface area (Å²) in [5.41, 5.74) is 0.110. The summed E-state index contributed by atoms with van der Waals surface area (Å²) < 4.78 is 2.20. The number of benzene rings is 1. The van der Waals surface area contributed by atoms with E-state index in [0.29, 0.717) is 19.4 Å². The molecule has 0 bridgehead atoms. The Labute approximate surface area is 124 Å². The largest absolute Gasteiger partial charge is 0.380 e. The van der Waals surface area contributed by atoms with Gasteiger partial charge < -0.3 is 15.0 Å². The van der Waals surface area contributed by atoms with Gasteiger partial charge in [0.05, 0.1) is 0 Å². The summed E-state index contributed by atoms with van der Waals surface area (Å²) in [5.74, 6) is -0.197. The fourth-order valence-corrected chi connectivity index (χ4v) is 3.14. The summed E-state index contributed by atoms with van der Waals surface area (Å²) in [7, 11) is 0. The molecule has 0 radical (unpaired) electrons. The molecule has 1 aromatic carbocycles. The molecule has 2 aromatic rings. The molecule has 1 aliphatic carbocycles. The molecular formula is C17H22N2O2. The smallest absolute Gasteiger partial charge is 0.251 e. The molecule has 1 aliphatic rings. The van der Waals surface area contributed by atoms with Crippen LogP contribution in [0.15, 0.2) is 36.5 Å². The highest BCUT2D eigenvalue weighted by molar-refractivity contribution is 5.85. The number of amides is 1. The highest BCUT2D eigenvalue weighted by Crippen LogP contribution is 2.29. The van der Waals surface area contributed by atoms with Gasteiger partial charge in [-0.15, -0.1) is 0 Å². The molecule has 1 fully saturated rings. The molecule has 4 nitrogen and oxygen atoms in total. The molecule has 0 aliphatic heterocycles. The molecule has 2 N–H and O–H groups in total. The third kappa shape index (κ3) is 2.95. The van der Waals surface area contributed by atoms with E-state index in [1.165, 1.54) is 10.9 Å². The highest BCUT2D eigenvalue weighted by Gasteiger charge is 2.38. The van der Waals surface area contributed by atoms with Crippen LogP contribution in [0.3, 0.4) is 0 Å². The minimum atomic E-state index is -1.11. The van der Waals surface area contributed by atoms with Crippen LogP contribution in [0.5, 0.6) is 0 Å². The summed E-state index contributed by atoms with van der Waals surface area (Å²) in [6, 6.07) is 10.4. The Morgan fingerprint density at radius 2 is 2.00 bits per heavy atom. The number of carbonyl (C=O) groups is 1. The zero-order chi connectivity index (χ0) is 14.7. The number of rotatable bonds is 5. The molecule has 1 amide bonds. The molecule has 0 atom stereocenters. The number of aryl methyl sites for hydroxylation is 1. The maximum absolute atomic E-state index is 12.0. The highest BCUT2D eigenvalue weighted by atomic mass is 16.3. The van der Waals surface area contributed by atoms with Crippen LogP contribution in [0, 0.1) is 0 Å². The quantitative estimate of drug-likeness (QED) is 0.830. The van der Waals surface area contributed by atoms with Gasteiger partial charge in [0.25, 0.3) is 5.91 Å². The van der Waals surface area contributed by atoms with E-state index in [1.54, 1.807) is 0 Å². The summed E-state index contributed by atoms with van der Waals surface area (Å²) in [6.45, 7) is 1.47. The van der Waals surface area contributed by atoms with Crippen molar-refractivity contribution in [1.29, 1.82) is 0 Å². The van der Waals surface area contributed by atoms with E-state index in [4.69, 9.17) is 0 Å². The second kappa shape index (κ2) is 5.90. The number of nitrogens with zero attached hydrogens (tertiary/aromatic N) is 1. The van der Waals surface area contributed by atoms with E-state index < -0.39 is 5.60 Å². The van der Waals surface area contributed by atoms with Crippen LogP contribution in [-0.2, 0) is 11.3 Å². The molecule has 21 heavy (non-hydrogen) atoms. The zero-order valence-corrected chi connectivity index (χ0v) is 12.2. The summed E-state index contributed by atoms with van der Waals surface area (Å²) >= 11 is 0. The molecule has 1 heterocycles. The first-order chi connectivity index (χ1) is 10.2. The Balaban J connectivity index is 1.49. The van der Waals surface area contributed by atoms with Gasteiger partial charge in [0, 0.05) is 24.8 Å². The van der Waals surface area contributed by atoms with Crippen LogP contribution in [0.25, 0.3) is 10.9 Å². The molecule has 1 aromatic heterocycles. The Kier molecular flexibility index (Phi) is 3.97. The summed E-state index contributed by atoms with van der Waals surface area (Å²) in [6.07, 6.45) is 6.03. The van der Waals surface area contributed by atoms with Gasteiger partial charge in [-0.3, -0.25) is 4.79 Å². The van der Waals surface area contributed by atoms with Gasteiger partial charge >= 0.3 is 0 Å². The first-order valence-corrected chi connectivity index (χ1v) is 7.74. The maximum atomic E-state index is 12.0. The lowest BCUT2D eigenvalue weighted by molar-refractivity contribution is -0.139. The fraction of sp³-hybridized carbons (Fsp3) is 0.471. The number of nitrogens with one attached hydrogen (secondary N) is 1. The normalized spacial score (nSPS) is 17.2. The van der Waals surface area contributed by atoms with Crippen molar-refractivity contribution in [3.63, 3.8) is 0 Å². The number of hydrogen-bond donors (Lipinski definition) is 2. The van der Waals surface area contributed by atoms with E-state index in [2.05, 4.69) is 34.3 Å². The first-order valence-electron chi connectivity index (χ1n) is 7.74. The van der Waals surface area contributed by atoms with Crippen molar-refractivity contribution in [2.45, 2.75) is 44.2 Å². The second-order valence-corrected chi connectivity index (χ2v) is 5.92. The standard InChI is InChI=1S/C17H22N2O2/c20-16(17(21)9-3-4-10-17)18-11-5-12-19-13-8-14-6-1-2-7-15(14)19/h1-2,6-8,13,21H,3-5,9-12H2,(H,18,20). The molecular weight excluding hydrogens is 264 g/mol. The summed E-state index contributed by atoms with van der Waals surface area (Å²) in [4.78, 5) is 12.0. The van der Waals surface area contributed by atoms with Crippen molar-refractivity contribution in [3.05, 3.63) is 36.5 Å². The summed E-state index contributed by atoms with van der Waals surface area (Å²) in [5, 5.41) is 14.3. The lowest BCUT2D eigenvalue weighted by Gasteiger charge is -2.20. The minimum Gasteiger partial charge on any atom is -0.380 e. The van der Waals surface area contributed by atoms with Gasteiger partial charge in [-0.05, 0) is 49.6 Å². The molecule has 112 valence electrons. The topological polar surface area (TPSA) is 54.3 Å². The average molecular weight is 286 g/mol. The number of carbonyl (C=O) groups excluding carboxylic acids is 1. The van der Waals surface area contributed by atoms with Gasteiger partial charge in [-0.1, -0.05) is 18.2 Å². The molecule has 4 heteroatoms. The SMILES string of the molecule is O=C(NCCCn1ccc2ccccc21)C1(O)CCCC1. The molecule has 0 saturated heterocycles. The van der Waals surface area contributed by atoms with Gasteiger partial charge in [-0.2, -0.15) is 0 Å². The lowest BCUT2D eigenvalue weighted by atomic mass is 10.0. The Bertz CT molecular complexity index is 627. The monoisotopic (exact) mass is 286 g/mol. The number of hydrogen-bond acceptors (Lipinski definition) is 2. The van der Waals surface area contributed by atoms with Crippen molar-refractivity contribution in [1.82, 2.24) is 9.88 Å². The number of aliphatic hydroxyl groups is 1. The number of para-hydroxylation sites is 1. The van der Waals surface area contributed by atoms with E-state index in [9.17, 15) is 9.90 Å². The third-order valence-corrected chi connectivity index (χ3v) is 4.39. The van der Waals surface area contributed by atoms with Crippen molar-refractivity contribution in [2.75, 3.05) is 6.54 Å². The zero-order valence-electron chi connectivity index (χ0n) is 12.2. The molecule has 0 spiro atoms.